The van der Waals surface area contributed by atoms with E-state index >= 15 is 0 Å². The molecule has 0 saturated heterocycles. The second kappa shape index (κ2) is 14.0. The third-order valence-electron chi connectivity index (χ3n) is 6.66. The van der Waals surface area contributed by atoms with Crippen LogP contribution < -0.4 is 37.2 Å². The van der Waals surface area contributed by atoms with Crippen LogP contribution in [0.2, 0.25) is 0 Å². The first-order valence-corrected chi connectivity index (χ1v) is 11.8. The van der Waals surface area contributed by atoms with E-state index in [1.54, 1.807) is 0 Å². The number of benzene rings is 3. The molecule has 0 nitrogen and oxygen atoms in total. The van der Waals surface area contributed by atoms with Gasteiger partial charge in [0.2, 0.25) is 0 Å². The molecule has 0 spiro atoms. The van der Waals surface area contributed by atoms with E-state index in [-0.39, 0.29) is 64.4 Å². The number of rotatable bonds is 5. The van der Waals surface area contributed by atoms with Crippen molar-refractivity contribution in [1.29, 1.82) is 0 Å². The van der Waals surface area contributed by atoms with Gasteiger partial charge in [-0.15, -0.1) is 0 Å². The predicted molar refractivity (Wildman–Crippen MR) is 137 cm³/mol. The van der Waals surface area contributed by atoms with Crippen LogP contribution in [0.5, 0.6) is 0 Å². The minimum Gasteiger partial charge on any atom is -1.00 e. The minimum absolute atomic E-state index is 0. The van der Waals surface area contributed by atoms with E-state index in [1.165, 1.54) is 61.2 Å². The van der Waals surface area contributed by atoms with Gasteiger partial charge in [0, 0.05) is 5.41 Å². The van der Waals surface area contributed by atoms with Crippen molar-refractivity contribution in [3.8, 4) is 0 Å². The van der Waals surface area contributed by atoms with Gasteiger partial charge in [0.25, 0.3) is 0 Å². The molecule has 0 bridgehead atoms. The minimum atomic E-state index is -0.363. The van der Waals surface area contributed by atoms with Crippen molar-refractivity contribution >= 4 is 0 Å². The first kappa shape index (κ1) is 34.7. The van der Waals surface area contributed by atoms with E-state index in [1.807, 2.05) is 0 Å². The molecular weight excluding hydrogens is 539 g/mol. The van der Waals surface area contributed by atoms with Gasteiger partial charge in [-0.05, 0) is 58.2 Å². The summed E-state index contributed by atoms with van der Waals surface area (Å²) in [6, 6.07) is 21.2. The van der Waals surface area contributed by atoms with Crippen molar-refractivity contribution in [3.63, 3.8) is 0 Å². The summed E-state index contributed by atoms with van der Waals surface area (Å²) < 4.78 is 0. The third kappa shape index (κ3) is 6.77. The van der Waals surface area contributed by atoms with E-state index in [4.69, 9.17) is 0 Å². The third-order valence-corrected chi connectivity index (χ3v) is 6.66. The number of hydrogen-bond donors (Lipinski definition) is 0. The van der Waals surface area contributed by atoms with E-state index in [2.05, 4.69) is 115 Å². The van der Waals surface area contributed by atoms with E-state index < -0.39 is 0 Å². The quantitative estimate of drug-likeness (QED) is 0.216. The summed E-state index contributed by atoms with van der Waals surface area (Å²) in [7, 11) is 0. The molecule has 36 heavy (non-hydrogen) atoms. The number of allylic oxidation sites excluding steroid dienone is 4. The van der Waals surface area contributed by atoms with Crippen molar-refractivity contribution in [1.82, 2.24) is 0 Å². The van der Waals surface area contributed by atoms with E-state index in [0.717, 1.165) is 12.8 Å². The molecule has 4 rings (SSSR count). The Kier molecular flexibility index (Phi) is 13.5. The fourth-order valence-corrected chi connectivity index (χ4v) is 5.60. The molecule has 0 radical (unpaired) electrons. The van der Waals surface area contributed by atoms with Crippen LogP contribution in [-0.2, 0) is 27.1 Å². The Labute approximate surface area is 252 Å². The Morgan fingerprint density at radius 3 is 1.14 bits per heavy atom. The average Bonchev–Trinajstić information content (AvgIpc) is 3.16. The van der Waals surface area contributed by atoms with Crippen LogP contribution in [0.3, 0.4) is 0 Å². The Morgan fingerprint density at radius 1 is 0.583 bits per heavy atom. The molecule has 188 valence electrons. The van der Waals surface area contributed by atoms with Crippen LogP contribution in [0, 0.1) is 47.6 Å². The van der Waals surface area contributed by atoms with Crippen LogP contribution in [0.4, 0.5) is 0 Å². The van der Waals surface area contributed by atoms with Gasteiger partial charge >= 0.3 is 21.7 Å². The average molecular weight is 574 g/mol. The van der Waals surface area contributed by atoms with Gasteiger partial charge in [-0.25, -0.2) is 17.7 Å². The Bertz CT molecular complexity index is 1070. The van der Waals surface area contributed by atoms with Crippen LogP contribution in [0.15, 0.2) is 71.8 Å². The van der Waals surface area contributed by atoms with E-state index in [0.29, 0.717) is 0 Å². The zero-order valence-electron chi connectivity index (χ0n) is 22.3. The normalized spacial score (nSPS) is 12.3. The first-order chi connectivity index (χ1) is 15.2. The molecule has 0 aromatic heterocycles. The molecule has 4 heteroatoms. The summed E-state index contributed by atoms with van der Waals surface area (Å²) in [4.78, 5) is 0. The van der Waals surface area contributed by atoms with Gasteiger partial charge in [-0.2, -0.15) is 5.57 Å². The maximum Gasteiger partial charge on any atom is 4.00 e. The molecule has 3 aromatic carbocycles. The Balaban J connectivity index is 0.00000306. The summed E-state index contributed by atoms with van der Waals surface area (Å²) in [5, 5.41) is 0. The molecule has 0 heterocycles. The van der Waals surface area contributed by atoms with Crippen molar-refractivity contribution in [2.75, 3.05) is 0 Å². The zero-order chi connectivity index (χ0) is 23.0. The topological polar surface area (TPSA) is 0 Å². The molecular formula is C32H35Cl3Ti. The number of aryl methyl sites for hydroxylation is 6. The van der Waals surface area contributed by atoms with Gasteiger partial charge in [0.1, 0.15) is 0 Å². The van der Waals surface area contributed by atoms with Crippen molar-refractivity contribution in [2.45, 2.75) is 66.7 Å². The summed E-state index contributed by atoms with van der Waals surface area (Å²) >= 11 is 0. The van der Waals surface area contributed by atoms with E-state index in [9.17, 15) is 0 Å². The molecule has 3 aromatic rings. The molecule has 0 unspecified atom stereocenters. The van der Waals surface area contributed by atoms with Gasteiger partial charge in [-0.1, -0.05) is 108 Å². The molecule has 0 fully saturated rings. The maximum atomic E-state index is 3.87. The van der Waals surface area contributed by atoms with Gasteiger partial charge in [-0.3, -0.25) is 0 Å². The largest absolute Gasteiger partial charge is 4.00 e. The van der Waals surface area contributed by atoms with Gasteiger partial charge in [0.15, 0.2) is 0 Å². The van der Waals surface area contributed by atoms with Crippen molar-refractivity contribution < 1.29 is 58.9 Å². The second-order valence-electron chi connectivity index (χ2n) is 9.77. The first-order valence-electron chi connectivity index (χ1n) is 11.8. The summed E-state index contributed by atoms with van der Waals surface area (Å²) in [5.41, 5.74) is 14.2. The fourth-order valence-electron chi connectivity index (χ4n) is 5.60. The number of hydrogen-bond acceptors (Lipinski definition) is 0. The maximum absolute atomic E-state index is 3.87. The zero-order valence-corrected chi connectivity index (χ0v) is 26.2. The van der Waals surface area contributed by atoms with Crippen molar-refractivity contribution in [2.24, 2.45) is 0 Å². The smallest absolute Gasteiger partial charge is 1.00 e. The summed E-state index contributed by atoms with van der Waals surface area (Å²) in [5.74, 6) is 0. The Morgan fingerprint density at radius 2 is 0.889 bits per heavy atom. The van der Waals surface area contributed by atoms with Crippen LogP contribution in [-0.4, -0.2) is 0 Å². The molecule has 0 N–H and O–H groups in total. The van der Waals surface area contributed by atoms with Crippen molar-refractivity contribution in [3.05, 3.63) is 128 Å². The molecule has 0 saturated carbocycles. The van der Waals surface area contributed by atoms with Crippen LogP contribution in [0.25, 0.3) is 0 Å². The summed E-state index contributed by atoms with van der Waals surface area (Å²) in [6.07, 6.45) is 8.21. The monoisotopic (exact) mass is 572 g/mol. The van der Waals surface area contributed by atoms with Gasteiger partial charge in [0.05, 0.1) is 0 Å². The van der Waals surface area contributed by atoms with Crippen LogP contribution >= 0.6 is 0 Å². The second-order valence-corrected chi connectivity index (χ2v) is 9.77. The number of halogens is 3. The standard InChI is InChI=1S/C32H35.3ClH.Ti/c1-8-27-9-10-28(20-27)32(29-14-21(2)11-22(3)15-29,30-16-23(4)12-24(5)17-30)31-18-25(6)13-26(7)19-31;;;;/h9,11-19H,8,10H2,1-7H3;3*1H;/q-1;;;;+4/p-3. The molecule has 0 atom stereocenters. The fraction of sp³-hybridized carbons (Fsp3) is 0.312. The summed E-state index contributed by atoms with van der Waals surface area (Å²) in [6.45, 7) is 15.5. The van der Waals surface area contributed by atoms with Gasteiger partial charge < -0.3 is 37.2 Å². The molecule has 0 amide bonds. The molecule has 0 aliphatic heterocycles. The molecule has 1 aliphatic rings. The van der Waals surface area contributed by atoms with Crippen LogP contribution in [0.1, 0.15) is 69.8 Å². The molecule has 1 aliphatic carbocycles. The Hall–Kier alpha value is -1.28. The SMILES string of the molecule is CCC1=CCC(C(c2cc(C)cc(C)c2)(c2cc(C)cc(C)c2)c2cc(C)cc(C)c2)=[C-]1.[Cl-].[Cl-].[Cl-].[Ti+4]. The predicted octanol–water partition coefficient (Wildman–Crippen LogP) is -0.649.